The van der Waals surface area contributed by atoms with Crippen molar-refractivity contribution in [3.05, 3.63) is 72.1 Å². The van der Waals surface area contributed by atoms with Gasteiger partial charge in [-0.3, -0.25) is 0 Å². The molecule has 0 aliphatic heterocycles. The van der Waals surface area contributed by atoms with Gasteiger partial charge < -0.3 is 4.74 Å². The van der Waals surface area contributed by atoms with Gasteiger partial charge in [0.1, 0.15) is 12.4 Å². The topological polar surface area (TPSA) is 9.23 Å². The first-order valence-electron chi connectivity index (χ1n) is 6.02. The van der Waals surface area contributed by atoms with Crippen molar-refractivity contribution in [1.29, 1.82) is 0 Å². The number of rotatable bonds is 4. The smallest absolute Gasteiger partial charge is 0.123 e. The minimum Gasteiger partial charge on any atom is -0.489 e. The van der Waals surface area contributed by atoms with Gasteiger partial charge in [0.25, 0.3) is 0 Å². The Kier molecular flexibility index (Phi) is 2.83. The fourth-order valence-corrected chi connectivity index (χ4v) is 1.98. The minimum absolute atomic E-state index is 0.613. The van der Waals surface area contributed by atoms with Gasteiger partial charge in [0, 0.05) is 0 Å². The Morgan fingerprint density at radius 3 is 2.41 bits per heavy atom. The number of hydrogen-bond acceptors (Lipinski definition) is 1. The lowest BCUT2D eigenvalue weighted by atomic mass is 10.1. The molecule has 1 fully saturated rings. The average molecular weight is 223 g/mol. The number of ether oxygens (including phenoxy) is 1. The Labute approximate surface area is 102 Å². The van der Waals surface area contributed by atoms with E-state index in [4.69, 9.17) is 4.74 Å². The van der Waals surface area contributed by atoms with Gasteiger partial charge >= 0.3 is 0 Å². The van der Waals surface area contributed by atoms with E-state index in [1.165, 1.54) is 17.5 Å². The average Bonchev–Trinajstić information content (AvgIpc) is 3.22. The summed E-state index contributed by atoms with van der Waals surface area (Å²) in [4.78, 5) is 0. The van der Waals surface area contributed by atoms with Gasteiger partial charge in [-0.15, -0.1) is 0 Å². The molecule has 0 heterocycles. The summed E-state index contributed by atoms with van der Waals surface area (Å²) in [5.41, 5.74) is 2.53. The quantitative estimate of drug-likeness (QED) is 0.762. The molecule has 0 aromatic heterocycles. The number of para-hydroxylation sites is 1. The van der Waals surface area contributed by atoms with Crippen molar-refractivity contribution in [1.82, 2.24) is 0 Å². The third-order valence-electron chi connectivity index (χ3n) is 3.03. The molecule has 85 valence electrons. The zero-order valence-electron chi connectivity index (χ0n) is 9.67. The van der Waals surface area contributed by atoms with Crippen LogP contribution in [0.1, 0.15) is 23.5 Å². The SMILES string of the molecule is [CH]1CC1c1ccccc1OCc1ccccc1. The molecule has 0 amide bonds. The predicted octanol–water partition coefficient (Wildman–Crippen LogP) is 3.96. The highest BCUT2D eigenvalue weighted by atomic mass is 16.5. The van der Waals surface area contributed by atoms with E-state index in [2.05, 4.69) is 36.8 Å². The molecule has 1 saturated carbocycles. The first-order chi connectivity index (χ1) is 8.43. The summed E-state index contributed by atoms with van der Waals surface area (Å²) in [6.07, 6.45) is 3.50. The van der Waals surface area contributed by atoms with Crippen LogP contribution in [-0.4, -0.2) is 0 Å². The predicted molar refractivity (Wildman–Crippen MR) is 68.9 cm³/mol. The van der Waals surface area contributed by atoms with Crippen LogP contribution in [0.25, 0.3) is 0 Å². The maximum Gasteiger partial charge on any atom is 0.123 e. The van der Waals surface area contributed by atoms with Crippen LogP contribution in [0.2, 0.25) is 0 Å². The van der Waals surface area contributed by atoms with Gasteiger partial charge in [0.05, 0.1) is 0 Å². The largest absolute Gasteiger partial charge is 0.489 e. The van der Waals surface area contributed by atoms with E-state index >= 15 is 0 Å². The molecular weight excluding hydrogens is 208 g/mol. The summed E-state index contributed by atoms with van der Waals surface area (Å²) >= 11 is 0. The van der Waals surface area contributed by atoms with Crippen molar-refractivity contribution >= 4 is 0 Å². The second kappa shape index (κ2) is 4.62. The van der Waals surface area contributed by atoms with Crippen LogP contribution in [0, 0.1) is 6.42 Å². The van der Waals surface area contributed by atoms with Crippen LogP contribution in [0.15, 0.2) is 54.6 Å². The van der Waals surface area contributed by atoms with Gasteiger partial charge in [-0.05, 0) is 36.0 Å². The first kappa shape index (κ1) is 10.4. The normalized spacial score (nSPS) is 14.6. The van der Waals surface area contributed by atoms with E-state index < -0.39 is 0 Å². The van der Waals surface area contributed by atoms with Crippen LogP contribution in [-0.2, 0) is 6.61 Å². The zero-order chi connectivity index (χ0) is 11.5. The van der Waals surface area contributed by atoms with Crippen LogP contribution >= 0.6 is 0 Å². The van der Waals surface area contributed by atoms with Crippen LogP contribution in [0.3, 0.4) is 0 Å². The van der Waals surface area contributed by atoms with Crippen molar-refractivity contribution < 1.29 is 4.74 Å². The summed E-state index contributed by atoms with van der Waals surface area (Å²) in [6, 6.07) is 18.6. The molecule has 0 bridgehead atoms. The zero-order valence-corrected chi connectivity index (χ0v) is 9.67. The van der Waals surface area contributed by atoms with E-state index in [1.54, 1.807) is 0 Å². The molecule has 17 heavy (non-hydrogen) atoms. The van der Waals surface area contributed by atoms with Gasteiger partial charge in [-0.1, -0.05) is 48.5 Å². The highest BCUT2D eigenvalue weighted by Crippen LogP contribution is 2.43. The summed E-state index contributed by atoms with van der Waals surface area (Å²) in [6.45, 7) is 0.643. The second-order valence-electron chi connectivity index (χ2n) is 4.39. The van der Waals surface area contributed by atoms with Crippen molar-refractivity contribution in [2.24, 2.45) is 0 Å². The van der Waals surface area contributed by atoms with Gasteiger partial charge in [0.15, 0.2) is 0 Å². The number of benzene rings is 2. The van der Waals surface area contributed by atoms with Crippen molar-refractivity contribution in [2.75, 3.05) is 0 Å². The molecule has 1 aliphatic rings. The second-order valence-corrected chi connectivity index (χ2v) is 4.39. The summed E-state index contributed by atoms with van der Waals surface area (Å²) in [5, 5.41) is 0. The maximum absolute atomic E-state index is 5.90. The Hall–Kier alpha value is -1.76. The van der Waals surface area contributed by atoms with E-state index in [-0.39, 0.29) is 0 Å². The van der Waals surface area contributed by atoms with Crippen molar-refractivity contribution in [2.45, 2.75) is 18.9 Å². The Bertz CT molecular complexity index is 486. The van der Waals surface area contributed by atoms with Crippen LogP contribution in [0.4, 0.5) is 0 Å². The molecule has 0 spiro atoms. The summed E-state index contributed by atoms with van der Waals surface area (Å²) in [5.74, 6) is 1.64. The van der Waals surface area contributed by atoms with E-state index in [0.29, 0.717) is 12.5 Å². The van der Waals surface area contributed by atoms with Gasteiger partial charge in [-0.25, -0.2) is 0 Å². The minimum atomic E-state index is 0.613. The highest BCUT2D eigenvalue weighted by molar-refractivity contribution is 5.41. The van der Waals surface area contributed by atoms with Crippen LogP contribution in [0.5, 0.6) is 5.75 Å². The fourth-order valence-electron chi connectivity index (χ4n) is 1.98. The Morgan fingerprint density at radius 1 is 0.941 bits per heavy atom. The molecule has 1 radical (unpaired) electrons. The van der Waals surface area contributed by atoms with Crippen molar-refractivity contribution in [3.63, 3.8) is 0 Å². The van der Waals surface area contributed by atoms with Gasteiger partial charge in [-0.2, -0.15) is 0 Å². The fraction of sp³-hybridized carbons (Fsp3) is 0.188. The van der Waals surface area contributed by atoms with Crippen molar-refractivity contribution in [3.8, 4) is 5.75 Å². The van der Waals surface area contributed by atoms with E-state index in [0.717, 1.165) is 5.75 Å². The molecule has 0 N–H and O–H groups in total. The highest BCUT2D eigenvalue weighted by Gasteiger charge is 2.26. The standard InChI is InChI=1S/C16H15O/c1-2-6-13(7-3-1)12-17-16-9-5-4-8-15(16)14-10-11-14/h1-10,14H,11-12H2. The van der Waals surface area contributed by atoms with E-state index in [9.17, 15) is 0 Å². The van der Waals surface area contributed by atoms with E-state index in [1.807, 2.05) is 24.3 Å². The molecule has 2 aromatic carbocycles. The molecular formula is C16H15O. The lowest BCUT2D eigenvalue weighted by molar-refractivity contribution is 0.303. The number of hydrogen-bond donors (Lipinski definition) is 0. The van der Waals surface area contributed by atoms with Crippen LogP contribution < -0.4 is 4.74 Å². The third-order valence-corrected chi connectivity index (χ3v) is 3.03. The molecule has 1 heteroatoms. The lowest BCUT2D eigenvalue weighted by Gasteiger charge is -2.10. The summed E-state index contributed by atoms with van der Waals surface area (Å²) in [7, 11) is 0. The summed E-state index contributed by atoms with van der Waals surface area (Å²) < 4.78 is 5.90. The maximum atomic E-state index is 5.90. The Morgan fingerprint density at radius 2 is 1.65 bits per heavy atom. The molecule has 2 aromatic rings. The first-order valence-corrected chi connectivity index (χ1v) is 6.02. The molecule has 1 unspecified atom stereocenters. The molecule has 1 atom stereocenters. The molecule has 1 aliphatic carbocycles. The monoisotopic (exact) mass is 223 g/mol. The molecule has 3 rings (SSSR count). The van der Waals surface area contributed by atoms with Gasteiger partial charge in [0.2, 0.25) is 0 Å². The lowest BCUT2D eigenvalue weighted by Crippen LogP contribution is -1.97. The molecule has 0 saturated heterocycles. The Balaban J connectivity index is 1.73. The third kappa shape index (κ3) is 2.50. The molecule has 1 nitrogen and oxygen atoms in total.